The van der Waals surface area contributed by atoms with Gasteiger partial charge in [0, 0.05) is 8.04 Å². The molecule has 2 rings (SSSR count). The summed E-state index contributed by atoms with van der Waals surface area (Å²) >= 11 is 5.33. The van der Waals surface area contributed by atoms with Crippen LogP contribution in [0.5, 0.6) is 0 Å². The van der Waals surface area contributed by atoms with Crippen molar-refractivity contribution in [3.05, 3.63) is 61.1 Å². The van der Waals surface area contributed by atoms with Crippen LogP contribution in [0.4, 0.5) is 5.69 Å². The third-order valence-electron chi connectivity index (χ3n) is 2.90. The fraction of sp³-hybridized carbons (Fsp3) is 0.0667. The third kappa shape index (κ3) is 3.62. The van der Waals surface area contributed by atoms with Gasteiger partial charge in [-0.05, 0) is 59.3 Å². The molecule has 0 aliphatic carbocycles. The summed E-state index contributed by atoms with van der Waals surface area (Å²) in [5.74, 6) is -1.42. The van der Waals surface area contributed by atoms with Crippen LogP contribution in [0.1, 0.15) is 26.3 Å². The highest BCUT2D eigenvalue weighted by Gasteiger charge is 2.16. The van der Waals surface area contributed by atoms with Gasteiger partial charge >= 0.3 is 5.97 Å². The average Bonchev–Trinajstić information content (AvgIpc) is 2.43. The van der Waals surface area contributed by atoms with Gasteiger partial charge in [0.05, 0.1) is 16.8 Å². The minimum atomic E-state index is -1.09. The number of amides is 1. The SMILES string of the molecule is Cc1cccc(C(=O)Nc2ccc(Br)cc2C(=O)O)c1I. The van der Waals surface area contributed by atoms with Crippen LogP contribution in [0.3, 0.4) is 0 Å². The molecule has 2 aromatic carbocycles. The van der Waals surface area contributed by atoms with Gasteiger partial charge in [0.2, 0.25) is 0 Å². The predicted octanol–water partition coefficient (Wildman–Crippen LogP) is 4.31. The topological polar surface area (TPSA) is 66.4 Å². The molecule has 21 heavy (non-hydrogen) atoms. The fourth-order valence-electron chi connectivity index (χ4n) is 1.81. The Morgan fingerprint density at radius 1 is 1.19 bits per heavy atom. The van der Waals surface area contributed by atoms with E-state index in [9.17, 15) is 14.7 Å². The first kappa shape index (κ1) is 16.0. The second kappa shape index (κ2) is 6.57. The van der Waals surface area contributed by atoms with Crippen LogP contribution in [0.2, 0.25) is 0 Å². The number of rotatable bonds is 3. The molecule has 0 bridgehead atoms. The summed E-state index contributed by atoms with van der Waals surface area (Å²) in [7, 11) is 0. The predicted molar refractivity (Wildman–Crippen MR) is 93.0 cm³/mol. The van der Waals surface area contributed by atoms with E-state index in [2.05, 4.69) is 43.8 Å². The molecule has 0 atom stereocenters. The molecular formula is C15H11BrINO3. The first-order chi connectivity index (χ1) is 9.90. The number of nitrogens with one attached hydrogen (secondary N) is 1. The molecule has 108 valence electrons. The zero-order chi connectivity index (χ0) is 15.6. The van der Waals surface area contributed by atoms with E-state index in [1.54, 1.807) is 24.3 Å². The van der Waals surface area contributed by atoms with Crippen LogP contribution < -0.4 is 5.32 Å². The average molecular weight is 460 g/mol. The van der Waals surface area contributed by atoms with Crippen molar-refractivity contribution >= 4 is 56.1 Å². The molecule has 0 aliphatic heterocycles. The molecule has 2 N–H and O–H groups in total. The second-order valence-electron chi connectivity index (χ2n) is 4.39. The molecule has 0 fully saturated rings. The van der Waals surface area contributed by atoms with Gasteiger partial charge in [0.1, 0.15) is 0 Å². The quantitative estimate of drug-likeness (QED) is 0.672. The molecule has 0 aliphatic rings. The van der Waals surface area contributed by atoms with E-state index < -0.39 is 5.97 Å². The van der Waals surface area contributed by atoms with E-state index in [1.807, 2.05) is 13.0 Å². The largest absolute Gasteiger partial charge is 0.478 e. The Kier molecular flexibility index (Phi) is 5.00. The molecule has 0 radical (unpaired) electrons. The molecule has 1 amide bonds. The second-order valence-corrected chi connectivity index (χ2v) is 6.38. The summed E-state index contributed by atoms with van der Waals surface area (Å²) in [6.07, 6.45) is 0. The number of carbonyl (C=O) groups excluding carboxylic acids is 1. The number of hydrogen-bond donors (Lipinski definition) is 2. The highest BCUT2D eigenvalue weighted by atomic mass is 127. The number of carboxylic acid groups (broad SMARTS) is 1. The maximum absolute atomic E-state index is 12.3. The molecule has 0 heterocycles. The van der Waals surface area contributed by atoms with Gasteiger partial charge in [-0.15, -0.1) is 0 Å². The van der Waals surface area contributed by atoms with Crippen molar-refractivity contribution in [3.8, 4) is 0 Å². The van der Waals surface area contributed by atoms with Gasteiger partial charge in [0.15, 0.2) is 0 Å². The van der Waals surface area contributed by atoms with E-state index in [0.29, 0.717) is 10.0 Å². The molecule has 4 nitrogen and oxygen atoms in total. The van der Waals surface area contributed by atoms with Crippen molar-refractivity contribution in [1.82, 2.24) is 0 Å². The molecule has 0 saturated heterocycles. The Morgan fingerprint density at radius 2 is 1.90 bits per heavy atom. The Balaban J connectivity index is 2.36. The summed E-state index contributed by atoms with van der Waals surface area (Å²) < 4.78 is 1.49. The van der Waals surface area contributed by atoms with Crippen LogP contribution in [-0.4, -0.2) is 17.0 Å². The van der Waals surface area contributed by atoms with Crippen molar-refractivity contribution in [2.75, 3.05) is 5.32 Å². The lowest BCUT2D eigenvalue weighted by Crippen LogP contribution is -2.16. The highest BCUT2D eigenvalue weighted by Crippen LogP contribution is 2.23. The lowest BCUT2D eigenvalue weighted by atomic mass is 10.1. The Labute approximate surface area is 143 Å². The lowest BCUT2D eigenvalue weighted by Gasteiger charge is -2.11. The van der Waals surface area contributed by atoms with Crippen molar-refractivity contribution in [2.24, 2.45) is 0 Å². The first-order valence-corrected chi connectivity index (χ1v) is 7.86. The van der Waals surface area contributed by atoms with Crippen LogP contribution in [0.15, 0.2) is 40.9 Å². The van der Waals surface area contributed by atoms with E-state index in [-0.39, 0.29) is 17.2 Å². The van der Waals surface area contributed by atoms with Gasteiger partial charge in [-0.1, -0.05) is 28.1 Å². The summed E-state index contributed by atoms with van der Waals surface area (Å²) in [5.41, 5.74) is 1.83. The zero-order valence-electron chi connectivity index (χ0n) is 11.0. The molecule has 0 unspecified atom stereocenters. The number of anilines is 1. The van der Waals surface area contributed by atoms with Gasteiger partial charge in [-0.25, -0.2) is 4.79 Å². The zero-order valence-corrected chi connectivity index (χ0v) is 14.7. The Hall–Kier alpha value is -1.41. The van der Waals surface area contributed by atoms with Crippen LogP contribution in [-0.2, 0) is 0 Å². The van der Waals surface area contributed by atoms with E-state index >= 15 is 0 Å². The maximum Gasteiger partial charge on any atom is 0.337 e. The number of hydrogen-bond acceptors (Lipinski definition) is 2. The summed E-state index contributed by atoms with van der Waals surface area (Å²) in [6.45, 7) is 1.92. The van der Waals surface area contributed by atoms with Gasteiger partial charge < -0.3 is 10.4 Å². The third-order valence-corrected chi connectivity index (χ3v) is 4.82. The number of halogens is 2. The monoisotopic (exact) mass is 459 g/mol. The minimum Gasteiger partial charge on any atom is -0.478 e. The maximum atomic E-state index is 12.3. The standard InChI is InChI=1S/C15H11BrINO3/c1-8-3-2-4-10(13(8)17)14(19)18-12-6-5-9(16)7-11(12)15(20)21/h2-7H,1H3,(H,18,19)(H,20,21). The lowest BCUT2D eigenvalue weighted by molar-refractivity contribution is 0.0698. The number of carbonyl (C=O) groups is 2. The Bertz CT molecular complexity index is 731. The van der Waals surface area contributed by atoms with E-state index in [1.165, 1.54) is 6.07 Å². The van der Waals surface area contributed by atoms with Gasteiger partial charge in [0.25, 0.3) is 5.91 Å². The number of aryl methyl sites for hydroxylation is 1. The van der Waals surface area contributed by atoms with Gasteiger partial charge in [-0.2, -0.15) is 0 Å². The Morgan fingerprint density at radius 3 is 2.57 bits per heavy atom. The van der Waals surface area contributed by atoms with Crippen LogP contribution >= 0.6 is 38.5 Å². The minimum absolute atomic E-state index is 0.0420. The summed E-state index contributed by atoms with van der Waals surface area (Å²) in [5, 5.41) is 11.9. The van der Waals surface area contributed by atoms with Crippen molar-refractivity contribution in [3.63, 3.8) is 0 Å². The summed E-state index contributed by atoms with van der Waals surface area (Å²) in [4.78, 5) is 23.6. The molecule has 0 saturated carbocycles. The molecular weight excluding hydrogens is 449 g/mol. The van der Waals surface area contributed by atoms with Gasteiger partial charge in [-0.3, -0.25) is 4.79 Å². The fourth-order valence-corrected chi connectivity index (χ4v) is 2.78. The first-order valence-electron chi connectivity index (χ1n) is 5.99. The van der Waals surface area contributed by atoms with E-state index in [0.717, 1.165) is 9.13 Å². The molecule has 6 heteroatoms. The van der Waals surface area contributed by atoms with Crippen molar-refractivity contribution in [1.29, 1.82) is 0 Å². The summed E-state index contributed by atoms with van der Waals surface area (Å²) in [6, 6.07) is 10.1. The molecule has 0 aromatic heterocycles. The number of carboxylic acids is 1. The normalized spacial score (nSPS) is 10.2. The van der Waals surface area contributed by atoms with Crippen molar-refractivity contribution in [2.45, 2.75) is 6.92 Å². The van der Waals surface area contributed by atoms with Crippen LogP contribution in [0, 0.1) is 10.5 Å². The van der Waals surface area contributed by atoms with Crippen LogP contribution in [0.25, 0.3) is 0 Å². The number of benzene rings is 2. The van der Waals surface area contributed by atoms with E-state index in [4.69, 9.17) is 0 Å². The number of aromatic carboxylic acids is 1. The molecule has 0 spiro atoms. The highest BCUT2D eigenvalue weighted by molar-refractivity contribution is 14.1. The molecule has 2 aromatic rings. The smallest absolute Gasteiger partial charge is 0.337 e. The van der Waals surface area contributed by atoms with Crippen molar-refractivity contribution < 1.29 is 14.7 Å².